The van der Waals surface area contributed by atoms with Gasteiger partial charge in [0, 0.05) is 17.5 Å². The minimum atomic E-state index is 0.170. The predicted molar refractivity (Wildman–Crippen MR) is 115 cm³/mol. The summed E-state index contributed by atoms with van der Waals surface area (Å²) in [4.78, 5) is 16.7. The lowest BCUT2D eigenvalue weighted by Gasteiger charge is -2.12. The number of rotatable bonds is 3. The van der Waals surface area contributed by atoms with Gasteiger partial charge in [-0.2, -0.15) is 0 Å². The van der Waals surface area contributed by atoms with Gasteiger partial charge < -0.3 is 0 Å². The van der Waals surface area contributed by atoms with Crippen molar-refractivity contribution in [3.63, 3.8) is 0 Å². The number of hydrogen-bond donors (Lipinski definition) is 0. The molecule has 4 rings (SSSR count). The minimum absolute atomic E-state index is 0.170. The molecule has 0 saturated carbocycles. The van der Waals surface area contributed by atoms with E-state index in [1.165, 1.54) is 24.6 Å². The third-order valence-electron chi connectivity index (χ3n) is 4.84. The average molecular weight is 357 g/mol. The van der Waals surface area contributed by atoms with E-state index >= 15 is 0 Å². The summed E-state index contributed by atoms with van der Waals surface area (Å²) in [6, 6.07) is 22.5. The molecule has 1 aliphatic heterocycles. The summed E-state index contributed by atoms with van der Waals surface area (Å²) in [7, 11) is 0. The normalized spacial score (nSPS) is 13.3. The Morgan fingerprint density at radius 3 is 2.26 bits per heavy atom. The van der Waals surface area contributed by atoms with Crippen LogP contribution in [0.3, 0.4) is 0 Å². The maximum absolute atomic E-state index is 12.2. The number of carbonyl (C=O) groups is 1. The van der Waals surface area contributed by atoms with Crippen molar-refractivity contribution >= 4 is 22.3 Å². The first-order chi connectivity index (χ1) is 13.2. The quantitative estimate of drug-likeness (QED) is 0.565. The van der Waals surface area contributed by atoms with Crippen molar-refractivity contribution in [1.29, 1.82) is 0 Å². The summed E-state index contributed by atoms with van der Waals surface area (Å²) in [6.45, 7) is 4.68. The largest absolute Gasteiger partial charge is 0.297 e. The maximum atomic E-state index is 12.2. The highest BCUT2D eigenvalue weighted by Gasteiger charge is 2.20. The summed E-state index contributed by atoms with van der Waals surface area (Å²) in [5.74, 6) is 0.170. The van der Waals surface area contributed by atoms with Crippen LogP contribution in [0.4, 0.5) is 0 Å². The average Bonchev–Trinajstić information content (AvgIpc) is 2.88. The highest BCUT2D eigenvalue weighted by atomic mass is 16.1. The van der Waals surface area contributed by atoms with Crippen LogP contribution in [0, 0.1) is 0 Å². The van der Waals surface area contributed by atoms with Gasteiger partial charge >= 0.3 is 0 Å². The second-order valence-corrected chi connectivity index (χ2v) is 6.91. The fourth-order valence-corrected chi connectivity index (χ4v) is 3.45. The molecule has 1 aliphatic rings. The van der Waals surface area contributed by atoms with Crippen molar-refractivity contribution in [2.45, 2.75) is 39.5 Å². The van der Waals surface area contributed by atoms with Crippen LogP contribution in [0.25, 0.3) is 10.8 Å². The monoisotopic (exact) mass is 357 g/mol. The molecule has 0 bridgehead atoms. The molecule has 0 aromatic heterocycles. The van der Waals surface area contributed by atoms with Crippen LogP contribution < -0.4 is 0 Å². The number of fused-ring (bicyclic) bond motifs is 3. The van der Waals surface area contributed by atoms with Crippen LogP contribution in [0.1, 0.15) is 49.8 Å². The topological polar surface area (TPSA) is 29.4 Å². The Balaban J connectivity index is 0.000000376. The zero-order valence-electron chi connectivity index (χ0n) is 16.2. The maximum Gasteiger partial charge on any atom is 0.158 e. The molecule has 0 spiro atoms. The number of ketones is 1. The van der Waals surface area contributed by atoms with Crippen molar-refractivity contribution in [2.75, 3.05) is 6.54 Å². The molecule has 0 unspecified atom stereocenters. The molecule has 0 amide bonds. The van der Waals surface area contributed by atoms with Crippen molar-refractivity contribution in [1.82, 2.24) is 0 Å². The Labute approximate surface area is 162 Å². The Morgan fingerprint density at radius 1 is 0.852 bits per heavy atom. The lowest BCUT2D eigenvalue weighted by molar-refractivity contribution is -0.117. The molecule has 0 saturated heterocycles. The molecule has 3 aromatic rings. The number of carbonyl (C=O) groups excluding carboxylic acids is 1. The summed E-state index contributed by atoms with van der Waals surface area (Å²) in [5.41, 5.74) is 4.17. The van der Waals surface area contributed by atoms with Gasteiger partial charge in [-0.15, -0.1) is 0 Å². The minimum Gasteiger partial charge on any atom is -0.297 e. The van der Waals surface area contributed by atoms with E-state index in [4.69, 9.17) is 0 Å². The zero-order valence-corrected chi connectivity index (χ0v) is 16.2. The van der Waals surface area contributed by atoms with E-state index in [0.717, 1.165) is 27.8 Å². The molecule has 3 aromatic carbocycles. The number of nitrogens with zero attached hydrogens (tertiary/aromatic N) is 1. The van der Waals surface area contributed by atoms with Crippen LogP contribution in [-0.2, 0) is 11.2 Å². The van der Waals surface area contributed by atoms with E-state index in [0.29, 0.717) is 6.42 Å². The number of benzene rings is 3. The Bertz CT molecular complexity index is 939. The lowest BCUT2D eigenvalue weighted by Crippen LogP contribution is -2.06. The van der Waals surface area contributed by atoms with Gasteiger partial charge in [-0.3, -0.25) is 9.79 Å². The fourth-order valence-electron chi connectivity index (χ4n) is 3.45. The zero-order chi connectivity index (χ0) is 19.1. The second kappa shape index (κ2) is 9.27. The third-order valence-corrected chi connectivity index (χ3v) is 4.84. The third kappa shape index (κ3) is 4.51. The number of aliphatic imine (C=N–C) groups is 1. The summed E-state index contributed by atoms with van der Waals surface area (Å²) in [6.07, 6.45) is 4.53. The van der Waals surface area contributed by atoms with E-state index in [2.05, 4.69) is 43.1 Å². The molecular weight excluding hydrogens is 330 g/mol. The molecule has 2 nitrogen and oxygen atoms in total. The Hall–Kier alpha value is -2.74. The van der Waals surface area contributed by atoms with Crippen molar-refractivity contribution in [3.05, 3.63) is 83.4 Å². The predicted octanol–water partition coefficient (Wildman–Crippen LogP) is 6.00. The van der Waals surface area contributed by atoms with Gasteiger partial charge in [-0.25, -0.2) is 0 Å². The first-order valence-corrected chi connectivity index (χ1v) is 9.87. The van der Waals surface area contributed by atoms with Gasteiger partial charge in [0.15, 0.2) is 5.78 Å². The smallest absolute Gasteiger partial charge is 0.158 e. The molecule has 138 valence electrons. The van der Waals surface area contributed by atoms with Gasteiger partial charge in [0.25, 0.3) is 0 Å². The second-order valence-electron chi connectivity index (χ2n) is 6.91. The molecule has 0 radical (unpaired) electrons. The van der Waals surface area contributed by atoms with E-state index in [1.807, 2.05) is 42.5 Å². The summed E-state index contributed by atoms with van der Waals surface area (Å²) in [5, 5.41) is 2.32. The van der Waals surface area contributed by atoms with Crippen LogP contribution >= 0.6 is 0 Å². The summed E-state index contributed by atoms with van der Waals surface area (Å²) >= 11 is 0. The standard InChI is InChI=1S/C20H15NO.C5H12/c22-16-12-19-17-9-5-4-6-14(17)10-11-18(19)20(21-13-16)15-7-2-1-3-8-15;1-3-5-4-2/h1-11H,12-13H2;3-5H2,1-2H3. The van der Waals surface area contributed by atoms with Crippen molar-refractivity contribution in [3.8, 4) is 0 Å². The van der Waals surface area contributed by atoms with Gasteiger partial charge in [0.2, 0.25) is 0 Å². The lowest BCUT2D eigenvalue weighted by atomic mass is 9.91. The van der Waals surface area contributed by atoms with Gasteiger partial charge in [-0.1, -0.05) is 99.8 Å². The molecule has 1 heterocycles. The van der Waals surface area contributed by atoms with Crippen LogP contribution in [0.2, 0.25) is 0 Å². The number of hydrogen-bond acceptors (Lipinski definition) is 2. The molecule has 0 atom stereocenters. The van der Waals surface area contributed by atoms with Crippen molar-refractivity contribution in [2.24, 2.45) is 4.99 Å². The van der Waals surface area contributed by atoms with Gasteiger partial charge in [0.1, 0.15) is 0 Å². The molecule has 0 N–H and O–H groups in total. The number of unbranched alkanes of at least 4 members (excludes halogenated alkanes) is 2. The van der Waals surface area contributed by atoms with Crippen LogP contribution in [-0.4, -0.2) is 18.0 Å². The highest BCUT2D eigenvalue weighted by Crippen LogP contribution is 2.27. The van der Waals surface area contributed by atoms with Crippen LogP contribution in [0.15, 0.2) is 71.7 Å². The molecule has 0 aliphatic carbocycles. The fraction of sp³-hybridized carbons (Fsp3) is 0.280. The molecule has 0 fully saturated rings. The molecular formula is C25H27NO. The van der Waals surface area contributed by atoms with Gasteiger partial charge in [0.05, 0.1) is 12.3 Å². The van der Waals surface area contributed by atoms with Crippen LogP contribution in [0.5, 0.6) is 0 Å². The first-order valence-electron chi connectivity index (χ1n) is 9.87. The summed E-state index contributed by atoms with van der Waals surface area (Å²) < 4.78 is 0. The van der Waals surface area contributed by atoms with Crippen molar-refractivity contribution < 1.29 is 4.79 Å². The first kappa shape index (κ1) is 19.0. The molecule has 27 heavy (non-hydrogen) atoms. The van der Waals surface area contributed by atoms with E-state index in [-0.39, 0.29) is 12.3 Å². The van der Waals surface area contributed by atoms with E-state index in [1.54, 1.807) is 0 Å². The van der Waals surface area contributed by atoms with E-state index in [9.17, 15) is 4.79 Å². The highest BCUT2D eigenvalue weighted by molar-refractivity contribution is 6.17. The molecule has 2 heteroatoms. The number of Topliss-reactive ketones (excluding diaryl/α,β-unsaturated/α-hetero) is 1. The SMILES string of the molecule is CCCCC.O=C1CN=C(c2ccccc2)c2ccc3ccccc3c2C1. The Morgan fingerprint density at radius 2 is 1.56 bits per heavy atom. The van der Waals surface area contributed by atoms with Gasteiger partial charge in [-0.05, 0) is 16.3 Å². The Kier molecular flexibility index (Phi) is 6.54. The van der Waals surface area contributed by atoms with E-state index < -0.39 is 0 Å².